The molecule has 19 heavy (non-hydrogen) atoms. The minimum Gasteiger partial charge on any atom is -0.387 e. The van der Waals surface area contributed by atoms with Crippen LogP contribution in [0.2, 0.25) is 0 Å². The summed E-state index contributed by atoms with van der Waals surface area (Å²) in [5.74, 6) is 0.291. The van der Waals surface area contributed by atoms with Crippen LogP contribution in [0, 0.1) is 17.7 Å². The summed E-state index contributed by atoms with van der Waals surface area (Å²) in [5.41, 5.74) is 6.58. The molecule has 1 aromatic rings. The van der Waals surface area contributed by atoms with Crippen LogP contribution < -0.4 is 5.73 Å². The molecule has 5 heteroatoms. The Morgan fingerprint density at radius 1 is 1.47 bits per heavy atom. The molecule has 0 amide bonds. The van der Waals surface area contributed by atoms with E-state index in [1.807, 2.05) is 20.8 Å². The lowest BCUT2D eigenvalue weighted by Crippen LogP contribution is -2.31. The van der Waals surface area contributed by atoms with Gasteiger partial charge < -0.3 is 10.6 Å². The molecule has 1 aromatic heterocycles. The molecule has 0 spiro atoms. The topological polar surface area (TPSA) is 66.0 Å². The van der Waals surface area contributed by atoms with Gasteiger partial charge in [0.15, 0.2) is 0 Å². The Morgan fingerprint density at radius 2 is 2.16 bits per heavy atom. The van der Waals surface area contributed by atoms with Crippen molar-refractivity contribution >= 4 is 17.2 Å². The summed E-state index contributed by atoms with van der Waals surface area (Å²) in [6.07, 6.45) is 3.22. The average Bonchev–Trinajstić information content (AvgIpc) is 2.70. The van der Waals surface area contributed by atoms with E-state index in [0.29, 0.717) is 5.84 Å². The maximum Gasteiger partial charge on any atom is 0.0963 e. The van der Waals surface area contributed by atoms with Crippen LogP contribution in [-0.4, -0.2) is 29.3 Å². The van der Waals surface area contributed by atoms with E-state index in [1.165, 1.54) is 0 Å². The lowest BCUT2D eigenvalue weighted by Gasteiger charge is -2.23. The Balaban J connectivity index is 2.21. The molecular formula is C14H26N4S. The average molecular weight is 282 g/mol. The third-order valence-electron chi connectivity index (χ3n) is 3.42. The van der Waals surface area contributed by atoms with Crippen molar-refractivity contribution in [3.05, 3.63) is 16.1 Å². The summed E-state index contributed by atoms with van der Waals surface area (Å²) in [6.45, 7) is 8.09. The second-order valence-corrected chi connectivity index (χ2v) is 6.91. The van der Waals surface area contributed by atoms with Crippen molar-refractivity contribution in [2.75, 3.05) is 13.6 Å². The van der Waals surface area contributed by atoms with Gasteiger partial charge >= 0.3 is 0 Å². The van der Waals surface area contributed by atoms with Crippen LogP contribution in [0.1, 0.15) is 43.8 Å². The van der Waals surface area contributed by atoms with Crippen molar-refractivity contribution < 1.29 is 0 Å². The number of thiazole rings is 1. The zero-order valence-corrected chi connectivity index (χ0v) is 13.3. The highest BCUT2D eigenvalue weighted by molar-refractivity contribution is 7.09. The highest BCUT2D eigenvalue weighted by Gasteiger charge is 2.20. The summed E-state index contributed by atoms with van der Waals surface area (Å²) in [7, 11) is 2.13. The Hall–Kier alpha value is -0.940. The zero-order valence-electron chi connectivity index (χ0n) is 12.5. The standard InChI is InChI=1S/C14H26N4S/c1-11-17-12(10-19-11)9-18(4)8-6-5-7-14(2,3)13(15)16/h10H,5-9H2,1-4H3,(H3,15,16). The molecule has 0 aliphatic heterocycles. The van der Waals surface area contributed by atoms with Crippen molar-refractivity contribution in [3.8, 4) is 0 Å². The third kappa shape index (κ3) is 5.70. The fraction of sp³-hybridized carbons (Fsp3) is 0.714. The first-order chi connectivity index (χ1) is 8.81. The van der Waals surface area contributed by atoms with Gasteiger partial charge in [0.1, 0.15) is 0 Å². The maximum absolute atomic E-state index is 7.53. The Kier molecular flexibility index (Phi) is 5.94. The second kappa shape index (κ2) is 7.01. The highest BCUT2D eigenvalue weighted by atomic mass is 32.1. The SMILES string of the molecule is Cc1nc(CN(C)CCCCC(C)(C)C(=N)N)cs1. The van der Waals surface area contributed by atoms with E-state index in [0.717, 1.165) is 43.1 Å². The first-order valence-electron chi connectivity index (χ1n) is 6.75. The molecule has 0 aliphatic rings. The van der Waals surface area contributed by atoms with Crippen molar-refractivity contribution in [2.24, 2.45) is 11.1 Å². The number of hydrogen-bond acceptors (Lipinski definition) is 4. The molecule has 0 saturated heterocycles. The second-order valence-electron chi connectivity index (χ2n) is 5.85. The summed E-state index contributed by atoms with van der Waals surface area (Å²) in [4.78, 5) is 6.77. The van der Waals surface area contributed by atoms with Crippen LogP contribution in [0.15, 0.2) is 5.38 Å². The highest BCUT2D eigenvalue weighted by Crippen LogP contribution is 2.22. The number of nitrogens with one attached hydrogen (secondary N) is 1. The number of aromatic nitrogens is 1. The van der Waals surface area contributed by atoms with Crippen LogP contribution in [-0.2, 0) is 6.54 Å². The van der Waals surface area contributed by atoms with E-state index in [2.05, 4.69) is 22.3 Å². The zero-order chi connectivity index (χ0) is 14.5. The lowest BCUT2D eigenvalue weighted by atomic mass is 9.86. The minimum absolute atomic E-state index is 0.162. The van der Waals surface area contributed by atoms with Crippen molar-refractivity contribution in [1.82, 2.24) is 9.88 Å². The van der Waals surface area contributed by atoms with Crippen LogP contribution in [0.25, 0.3) is 0 Å². The van der Waals surface area contributed by atoms with E-state index in [1.54, 1.807) is 11.3 Å². The maximum atomic E-state index is 7.53. The molecule has 1 heterocycles. The van der Waals surface area contributed by atoms with E-state index in [4.69, 9.17) is 11.1 Å². The molecule has 3 N–H and O–H groups in total. The molecular weight excluding hydrogens is 256 g/mol. The summed E-state index contributed by atoms with van der Waals surface area (Å²) in [6, 6.07) is 0. The van der Waals surface area contributed by atoms with Crippen LogP contribution in [0.3, 0.4) is 0 Å². The Bertz CT molecular complexity index is 411. The number of nitrogens with two attached hydrogens (primary N) is 1. The van der Waals surface area contributed by atoms with Gasteiger partial charge in [-0.2, -0.15) is 0 Å². The number of aryl methyl sites for hydroxylation is 1. The summed E-state index contributed by atoms with van der Waals surface area (Å²) < 4.78 is 0. The quantitative estimate of drug-likeness (QED) is 0.437. The van der Waals surface area contributed by atoms with Crippen LogP contribution >= 0.6 is 11.3 Å². The van der Waals surface area contributed by atoms with Crippen LogP contribution in [0.5, 0.6) is 0 Å². The molecule has 1 rings (SSSR count). The molecule has 0 aliphatic carbocycles. The Labute approximate surface area is 120 Å². The van der Waals surface area contributed by atoms with Gasteiger partial charge in [-0.3, -0.25) is 5.41 Å². The van der Waals surface area contributed by atoms with Gasteiger partial charge in [0.05, 0.1) is 16.5 Å². The minimum atomic E-state index is -0.162. The molecule has 108 valence electrons. The molecule has 0 fully saturated rings. The van der Waals surface area contributed by atoms with Gasteiger partial charge in [-0.1, -0.05) is 20.3 Å². The van der Waals surface area contributed by atoms with Gasteiger partial charge in [-0.05, 0) is 33.4 Å². The van der Waals surface area contributed by atoms with Gasteiger partial charge in [0, 0.05) is 17.3 Å². The lowest BCUT2D eigenvalue weighted by molar-refractivity contribution is 0.306. The molecule has 0 atom stereocenters. The number of hydrogen-bond donors (Lipinski definition) is 2. The van der Waals surface area contributed by atoms with Gasteiger partial charge in [-0.15, -0.1) is 11.3 Å². The van der Waals surface area contributed by atoms with Gasteiger partial charge in [0.25, 0.3) is 0 Å². The monoisotopic (exact) mass is 282 g/mol. The fourth-order valence-electron chi connectivity index (χ4n) is 1.92. The van der Waals surface area contributed by atoms with Crippen LogP contribution in [0.4, 0.5) is 0 Å². The van der Waals surface area contributed by atoms with Crippen molar-refractivity contribution in [3.63, 3.8) is 0 Å². The predicted molar refractivity (Wildman–Crippen MR) is 82.7 cm³/mol. The van der Waals surface area contributed by atoms with E-state index in [-0.39, 0.29) is 5.41 Å². The molecule has 0 radical (unpaired) electrons. The molecule has 0 aromatic carbocycles. The van der Waals surface area contributed by atoms with Crippen molar-refractivity contribution in [2.45, 2.75) is 46.6 Å². The molecule has 0 bridgehead atoms. The van der Waals surface area contributed by atoms with E-state index in [9.17, 15) is 0 Å². The van der Waals surface area contributed by atoms with E-state index < -0.39 is 0 Å². The third-order valence-corrected chi connectivity index (χ3v) is 4.24. The van der Waals surface area contributed by atoms with E-state index >= 15 is 0 Å². The molecule has 0 unspecified atom stereocenters. The molecule has 4 nitrogen and oxygen atoms in total. The smallest absolute Gasteiger partial charge is 0.0963 e. The number of rotatable bonds is 8. The first-order valence-corrected chi connectivity index (χ1v) is 7.63. The largest absolute Gasteiger partial charge is 0.387 e. The number of amidine groups is 1. The Morgan fingerprint density at radius 3 is 2.68 bits per heavy atom. The van der Waals surface area contributed by atoms with Gasteiger partial charge in [0.2, 0.25) is 0 Å². The first kappa shape index (κ1) is 16.1. The summed E-state index contributed by atoms with van der Waals surface area (Å²) in [5, 5.41) is 10.8. The van der Waals surface area contributed by atoms with Gasteiger partial charge in [-0.25, -0.2) is 4.98 Å². The summed E-state index contributed by atoms with van der Waals surface area (Å²) >= 11 is 1.71. The number of nitrogens with zero attached hydrogens (tertiary/aromatic N) is 2. The molecule has 0 saturated carbocycles. The van der Waals surface area contributed by atoms with Crippen molar-refractivity contribution in [1.29, 1.82) is 5.41 Å². The predicted octanol–water partition coefficient (Wildman–Crippen LogP) is 3.02. The number of unbranched alkanes of at least 4 members (excludes halogenated alkanes) is 1. The fourth-order valence-corrected chi connectivity index (χ4v) is 2.52. The normalized spacial score (nSPS) is 12.1.